The van der Waals surface area contributed by atoms with Crippen LogP contribution in [0.1, 0.15) is 16.1 Å². The van der Waals surface area contributed by atoms with Gasteiger partial charge in [-0.15, -0.1) is 0 Å². The van der Waals surface area contributed by atoms with Crippen LogP contribution in [0.3, 0.4) is 0 Å². The zero-order valence-corrected chi connectivity index (χ0v) is 9.21. The molecule has 86 valence electrons. The van der Waals surface area contributed by atoms with E-state index in [1.54, 1.807) is 12.3 Å². The molecule has 2 aromatic rings. The van der Waals surface area contributed by atoms with E-state index in [-0.39, 0.29) is 5.56 Å². The second-order valence-corrected chi connectivity index (χ2v) is 3.54. The Morgan fingerprint density at radius 2 is 2.12 bits per heavy atom. The molecule has 0 aliphatic rings. The number of carbonyl (C=O) groups is 1. The fraction of sp³-hybridized carbons (Fsp3) is 0.0833. The van der Waals surface area contributed by atoms with Gasteiger partial charge in [0.2, 0.25) is 0 Å². The van der Waals surface area contributed by atoms with E-state index in [1.807, 2.05) is 19.1 Å². The van der Waals surface area contributed by atoms with Gasteiger partial charge >= 0.3 is 5.97 Å². The number of carboxylic acid groups (broad SMARTS) is 1. The third kappa shape index (κ3) is 2.57. The maximum atomic E-state index is 11.0. The number of aryl methyl sites for hydroxylation is 1. The Hall–Kier alpha value is -2.43. The molecule has 0 aromatic carbocycles. The van der Waals surface area contributed by atoms with Gasteiger partial charge in [0.05, 0.1) is 17.6 Å². The number of anilines is 2. The van der Waals surface area contributed by atoms with E-state index in [1.165, 1.54) is 12.4 Å². The van der Waals surface area contributed by atoms with Crippen LogP contribution in [0.5, 0.6) is 0 Å². The standard InChI is InChI=1S/C12H11N3O2/c1-8-2-3-9(6-14-8)15-11-4-5-13-7-10(11)12(16)17/h2-7H,1H3,(H,13,15)(H,16,17). The topological polar surface area (TPSA) is 75.1 Å². The average molecular weight is 229 g/mol. The monoisotopic (exact) mass is 229 g/mol. The largest absolute Gasteiger partial charge is 0.478 e. The molecule has 2 N–H and O–H groups in total. The molecule has 17 heavy (non-hydrogen) atoms. The lowest BCUT2D eigenvalue weighted by atomic mass is 10.2. The van der Waals surface area contributed by atoms with Crippen molar-refractivity contribution in [3.8, 4) is 0 Å². The highest BCUT2D eigenvalue weighted by molar-refractivity contribution is 5.94. The lowest BCUT2D eigenvalue weighted by Gasteiger charge is -2.08. The summed E-state index contributed by atoms with van der Waals surface area (Å²) in [7, 11) is 0. The van der Waals surface area contributed by atoms with Gasteiger partial charge in [0.25, 0.3) is 0 Å². The Balaban J connectivity index is 2.30. The lowest BCUT2D eigenvalue weighted by Crippen LogP contribution is -2.03. The van der Waals surface area contributed by atoms with E-state index in [0.717, 1.165) is 11.4 Å². The van der Waals surface area contributed by atoms with E-state index in [9.17, 15) is 4.79 Å². The molecule has 0 amide bonds. The van der Waals surface area contributed by atoms with Gasteiger partial charge in [0, 0.05) is 18.1 Å². The molecule has 0 saturated heterocycles. The maximum absolute atomic E-state index is 11.0. The van der Waals surface area contributed by atoms with Gasteiger partial charge < -0.3 is 10.4 Å². The summed E-state index contributed by atoms with van der Waals surface area (Å²) in [6.45, 7) is 1.89. The van der Waals surface area contributed by atoms with Gasteiger partial charge in [-0.25, -0.2) is 4.79 Å². The van der Waals surface area contributed by atoms with Crippen LogP contribution in [0.4, 0.5) is 11.4 Å². The number of nitrogens with zero attached hydrogens (tertiary/aromatic N) is 2. The Labute approximate surface area is 98.2 Å². The summed E-state index contributed by atoms with van der Waals surface area (Å²) in [5.41, 5.74) is 2.28. The third-order valence-corrected chi connectivity index (χ3v) is 2.24. The summed E-state index contributed by atoms with van der Waals surface area (Å²) in [6.07, 6.45) is 4.50. The average Bonchev–Trinajstić information content (AvgIpc) is 2.32. The number of pyridine rings is 2. The van der Waals surface area contributed by atoms with Crippen LogP contribution in [0.15, 0.2) is 36.8 Å². The van der Waals surface area contributed by atoms with Crippen molar-refractivity contribution in [2.75, 3.05) is 5.32 Å². The quantitative estimate of drug-likeness (QED) is 0.844. The van der Waals surface area contributed by atoms with Gasteiger partial charge in [-0.1, -0.05) is 0 Å². The van der Waals surface area contributed by atoms with Gasteiger partial charge in [0.1, 0.15) is 5.56 Å². The normalized spacial score (nSPS) is 9.94. The number of hydrogen-bond donors (Lipinski definition) is 2. The van der Waals surface area contributed by atoms with Crippen LogP contribution >= 0.6 is 0 Å². The first kappa shape index (κ1) is 11.1. The zero-order chi connectivity index (χ0) is 12.3. The molecule has 5 heteroatoms. The van der Waals surface area contributed by atoms with Crippen molar-refractivity contribution in [2.45, 2.75) is 6.92 Å². The molecule has 0 saturated carbocycles. The fourth-order valence-corrected chi connectivity index (χ4v) is 1.37. The van der Waals surface area contributed by atoms with Crippen LogP contribution in [-0.4, -0.2) is 21.0 Å². The minimum Gasteiger partial charge on any atom is -0.478 e. The highest BCUT2D eigenvalue weighted by atomic mass is 16.4. The molecular formula is C12H11N3O2. The van der Waals surface area contributed by atoms with Crippen molar-refractivity contribution in [3.05, 3.63) is 48.0 Å². The molecule has 2 rings (SSSR count). The summed E-state index contributed by atoms with van der Waals surface area (Å²) in [5, 5.41) is 12.0. The Morgan fingerprint density at radius 3 is 2.76 bits per heavy atom. The van der Waals surface area contributed by atoms with Gasteiger partial charge in [-0.3, -0.25) is 9.97 Å². The number of aromatic carboxylic acids is 1. The summed E-state index contributed by atoms with van der Waals surface area (Å²) in [4.78, 5) is 18.9. The molecule has 0 spiro atoms. The first-order valence-corrected chi connectivity index (χ1v) is 5.04. The highest BCUT2D eigenvalue weighted by Gasteiger charge is 2.09. The second kappa shape index (κ2) is 4.61. The summed E-state index contributed by atoms with van der Waals surface area (Å²) in [6, 6.07) is 5.31. The van der Waals surface area contributed by atoms with Gasteiger partial charge in [-0.2, -0.15) is 0 Å². The van der Waals surface area contributed by atoms with Crippen LogP contribution in [0.25, 0.3) is 0 Å². The molecule has 0 aliphatic heterocycles. The zero-order valence-electron chi connectivity index (χ0n) is 9.21. The number of rotatable bonds is 3. The van der Waals surface area contributed by atoms with Crippen LogP contribution < -0.4 is 5.32 Å². The Kier molecular flexibility index (Phi) is 3.00. The van der Waals surface area contributed by atoms with Crippen molar-refractivity contribution < 1.29 is 9.90 Å². The molecule has 0 aliphatic carbocycles. The summed E-state index contributed by atoms with van der Waals surface area (Å²) in [5.74, 6) is -1.01. The van der Waals surface area contributed by atoms with Crippen molar-refractivity contribution in [3.63, 3.8) is 0 Å². The molecule has 0 fully saturated rings. The molecule has 0 radical (unpaired) electrons. The number of carboxylic acids is 1. The van der Waals surface area contributed by atoms with Crippen molar-refractivity contribution in [2.24, 2.45) is 0 Å². The predicted molar refractivity (Wildman–Crippen MR) is 63.5 cm³/mol. The number of hydrogen-bond acceptors (Lipinski definition) is 4. The maximum Gasteiger partial charge on any atom is 0.339 e. The van der Waals surface area contributed by atoms with Gasteiger partial charge in [0.15, 0.2) is 0 Å². The Bertz CT molecular complexity index is 538. The van der Waals surface area contributed by atoms with E-state index in [4.69, 9.17) is 5.11 Å². The van der Waals surface area contributed by atoms with Crippen molar-refractivity contribution >= 4 is 17.3 Å². The lowest BCUT2D eigenvalue weighted by molar-refractivity contribution is 0.0697. The predicted octanol–water partition coefficient (Wildman–Crippen LogP) is 2.23. The summed E-state index contributed by atoms with van der Waals surface area (Å²) < 4.78 is 0. The molecule has 2 heterocycles. The van der Waals surface area contributed by atoms with Crippen molar-refractivity contribution in [1.82, 2.24) is 9.97 Å². The van der Waals surface area contributed by atoms with E-state index in [2.05, 4.69) is 15.3 Å². The van der Waals surface area contributed by atoms with Crippen LogP contribution in [-0.2, 0) is 0 Å². The highest BCUT2D eigenvalue weighted by Crippen LogP contribution is 2.19. The SMILES string of the molecule is Cc1ccc(Nc2ccncc2C(=O)O)cn1. The van der Waals surface area contributed by atoms with Crippen LogP contribution in [0.2, 0.25) is 0 Å². The molecular weight excluding hydrogens is 218 g/mol. The smallest absolute Gasteiger partial charge is 0.339 e. The Morgan fingerprint density at radius 1 is 1.29 bits per heavy atom. The van der Waals surface area contributed by atoms with Crippen molar-refractivity contribution in [1.29, 1.82) is 0 Å². The molecule has 0 bridgehead atoms. The number of aromatic nitrogens is 2. The molecule has 0 atom stereocenters. The second-order valence-electron chi connectivity index (χ2n) is 3.54. The van der Waals surface area contributed by atoms with E-state index in [0.29, 0.717) is 5.69 Å². The third-order valence-electron chi connectivity index (χ3n) is 2.24. The van der Waals surface area contributed by atoms with E-state index >= 15 is 0 Å². The van der Waals surface area contributed by atoms with Crippen LogP contribution in [0, 0.1) is 6.92 Å². The molecule has 5 nitrogen and oxygen atoms in total. The number of nitrogens with one attached hydrogen (secondary N) is 1. The fourth-order valence-electron chi connectivity index (χ4n) is 1.37. The minimum absolute atomic E-state index is 0.132. The first-order valence-electron chi connectivity index (χ1n) is 5.04. The van der Waals surface area contributed by atoms with E-state index < -0.39 is 5.97 Å². The molecule has 0 unspecified atom stereocenters. The summed E-state index contributed by atoms with van der Waals surface area (Å²) >= 11 is 0. The first-order chi connectivity index (χ1) is 8.16. The van der Waals surface area contributed by atoms with Gasteiger partial charge in [-0.05, 0) is 25.1 Å². The molecule has 2 aromatic heterocycles. The minimum atomic E-state index is -1.01.